The predicted molar refractivity (Wildman–Crippen MR) is 59.0 cm³/mol. The van der Waals surface area contributed by atoms with E-state index < -0.39 is 0 Å². The number of aryl methyl sites for hydroxylation is 1. The van der Waals surface area contributed by atoms with E-state index >= 15 is 0 Å². The Hall–Kier alpha value is -1.21. The van der Waals surface area contributed by atoms with Crippen molar-refractivity contribution in [1.82, 2.24) is 10.2 Å². The number of thiophene rings is 1. The third-order valence-electron chi connectivity index (χ3n) is 1.57. The number of aromatic nitrogens is 2. The second-order valence-corrected chi connectivity index (χ2v) is 4.45. The van der Waals surface area contributed by atoms with Crippen molar-refractivity contribution in [2.45, 2.75) is 6.92 Å². The first-order valence-corrected chi connectivity index (χ1v) is 5.68. The molecule has 2 aromatic heterocycles. The quantitative estimate of drug-likeness (QED) is 0.921. The summed E-state index contributed by atoms with van der Waals surface area (Å²) in [5, 5.41) is 11.6. The molecule has 0 aliphatic rings. The molecule has 2 rings (SSSR count). The topological polar surface area (TPSA) is 68.0 Å². The van der Waals surface area contributed by atoms with Crippen molar-refractivity contribution in [3.63, 3.8) is 0 Å². The fraction of sp³-hybridized carbons (Fsp3) is 0.125. The first-order valence-electron chi connectivity index (χ1n) is 4.01. The Morgan fingerprint density at radius 3 is 2.93 bits per heavy atom. The highest BCUT2D eigenvalue weighted by Gasteiger charge is 2.14. The summed E-state index contributed by atoms with van der Waals surface area (Å²) in [4.78, 5) is 12.2. The SMILES string of the molecule is Cc1nnc(NC(=O)c2sccc2Br)o1. The number of nitrogens with one attached hydrogen (secondary N) is 1. The van der Waals surface area contributed by atoms with Crippen molar-refractivity contribution in [1.29, 1.82) is 0 Å². The summed E-state index contributed by atoms with van der Waals surface area (Å²) in [6.45, 7) is 1.66. The minimum atomic E-state index is -0.263. The van der Waals surface area contributed by atoms with Crippen LogP contribution >= 0.6 is 27.3 Å². The molecule has 0 atom stereocenters. The largest absolute Gasteiger partial charge is 0.408 e. The van der Waals surface area contributed by atoms with Crippen LogP contribution in [0.4, 0.5) is 6.01 Å². The van der Waals surface area contributed by atoms with Crippen LogP contribution in [0.25, 0.3) is 0 Å². The molecule has 78 valence electrons. The van der Waals surface area contributed by atoms with Gasteiger partial charge in [0.15, 0.2) is 0 Å². The van der Waals surface area contributed by atoms with Crippen LogP contribution in [-0.2, 0) is 0 Å². The zero-order chi connectivity index (χ0) is 10.8. The van der Waals surface area contributed by atoms with Crippen molar-refractivity contribution in [3.8, 4) is 0 Å². The minimum Gasteiger partial charge on any atom is -0.408 e. The lowest BCUT2D eigenvalue weighted by Crippen LogP contribution is -2.10. The Morgan fingerprint density at radius 1 is 1.60 bits per heavy atom. The van der Waals surface area contributed by atoms with Gasteiger partial charge in [-0.1, -0.05) is 5.10 Å². The molecule has 0 aromatic carbocycles. The van der Waals surface area contributed by atoms with E-state index in [1.165, 1.54) is 11.3 Å². The third kappa shape index (κ3) is 2.24. The molecule has 0 fully saturated rings. The van der Waals surface area contributed by atoms with Gasteiger partial charge in [0.2, 0.25) is 5.89 Å². The monoisotopic (exact) mass is 287 g/mol. The molecule has 0 aliphatic carbocycles. The van der Waals surface area contributed by atoms with Gasteiger partial charge in [-0.05, 0) is 27.4 Å². The van der Waals surface area contributed by atoms with E-state index in [1.807, 2.05) is 5.38 Å². The van der Waals surface area contributed by atoms with Crippen molar-refractivity contribution < 1.29 is 9.21 Å². The Balaban J connectivity index is 2.14. The zero-order valence-corrected chi connectivity index (χ0v) is 10.1. The maximum atomic E-state index is 11.6. The van der Waals surface area contributed by atoms with E-state index in [1.54, 1.807) is 13.0 Å². The summed E-state index contributed by atoms with van der Waals surface area (Å²) >= 11 is 4.60. The summed E-state index contributed by atoms with van der Waals surface area (Å²) in [6.07, 6.45) is 0. The predicted octanol–water partition coefficient (Wildman–Crippen LogP) is 2.45. The summed E-state index contributed by atoms with van der Waals surface area (Å²) < 4.78 is 5.78. The number of anilines is 1. The van der Waals surface area contributed by atoms with Gasteiger partial charge >= 0.3 is 6.01 Å². The van der Waals surface area contributed by atoms with Crippen molar-refractivity contribution >= 4 is 39.2 Å². The second kappa shape index (κ2) is 4.11. The normalized spacial score (nSPS) is 10.3. The molecule has 0 unspecified atom stereocenters. The Labute approximate surface area is 97.6 Å². The van der Waals surface area contributed by atoms with Gasteiger partial charge in [-0.2, -0.15) is 0 Å². The van der Waals surface area contributed by atoms with Gasteiger partial charge in [0.1, 0.15) is 4.88 Å². The van der Waals surface area contributed by atoms with Gasteiger partial charge in [0.25, 0.3) is 5.91 Å². The Morgan fingerprint density at radius 2 is 2.40 bits per heavy atom. The van der Waals surface area contributed by atoms with Crippen LogP contribution in [0, 0.1) is 6.92 Å². The lowest BCUT2D eigenvalue weighted by atomic mass is 10.4. The van der Waals surface area contributed by atoms with Gasteiger partial charge in [-0.3, -0.25) is 10.1 Å². The molecule has 1 N–H and O–H groups in total. The molecule has 0 saturated heterocycles. The molecule has 2 aromatic rings. The number of halogens is 1. The molecule has 0 saturated carbocycles. The average Bonchev–Trinajstić information content (AvgIpc) is 2.75. The highest BCUT2D eigenvalue weighted by molar-refractivity contribution is 9.10. The highest BCUT2D eigenvalue weighted by Crippen LogP contribution is 2.23. The van der Waals surface area contributed by atoms with Crippen LogP contribution in [0.5, 0.6) is 0 Å². The lowest BCUT2D eigenvalue weighted by molar-refractivity contribution is 0.102. The minimum absolute atomic E-state index is 0.109. The first kappa shape index (κ1) is 10.3. The molecule has 0 aliphatic heterocycles. The molecule has 2 heterocycles. The van der Waals surface area contributed by atoms with Gasteiger partial charge in [0.05, 0.1) is 0 Å². The number of amides is 1. The standard InChI is InChI=1S/C8H6BrN3O2S/c1-4-11-12-8(14-4)10-7(13)6-5(9)2-3-15-6/h2-3H,1H3,(H,10,12,13). The van der Waals surface area contributed by atoms with Gasteiger partial charge in [0, 0.05) is 11.4 Å². The van der Waals surface area contributed by atoms with Crippen molar-refractivity contribution in [3.05, 3.63) is 26.7 Å². The fourth-order valence-corrected chi connectivity index (χ4v) is 2.40. The summed E-state index contributed by atoms with van der Waals surface area (Å²) in [5.41, 5.74) is 0. The van der Waals surface area contributed by atoms with Crippen LogP contribution in [0.3, 0.4) is 0 Å². The fourth-order valence-electron chi connectivity index (χ4n) is 0.957. The molecule has 1 amide bonds. The van der Waals surface area contributed by atoms with E-state index in [4.69, 9.17) is 4.42 Å². The average molecular weight is 288 g/mol. The zero-order valence-electron chi connectivity index (χ0n) is 7.65. The highest BCUT2D eigenvalue weighted by atomic mass is 79.9. The maximum absolute atomic E-state index is 11.6. The molecule has 0 radical (unpaired) electrons. The molecule has 5 nitrogen and oxygen atoms in total. The van der Waals surface area contributed by atoms with Crippen LogP contribution in [0.2, 0.25) is 0 Å². The van der Waals surface area contributed by atoms with E-state index in [-0.39, 0.29) is 11.9 Å². The molecule has 15 heavy (non-hydrogen) atoms. The molecular formula is C8H6BrN3O2S. The molecule has 0 bridgehead atoms. The molecule has 0 spiro atoms. The van der Waals surface area contributed by atoms with Crippen LogP contribution < -0.4 is 5.32 Å². The summed E-state index contributed by atoms with van der Waals surface area (Å²) in [5.74, 6) is 0.149. The summed E-state index contributed by atoms with van der Waals surface area (Å²) in [6, 6.07) is 1.91. The first-order chi connectivity index (χ1) is 7.16. The Bertz CT molecular complexity index is 494. The summed E-state index contributed by atoms with van der Waals surface area (Å²) in [7, 11) is 0. The van der Waals surface area contributed by atoms with Crippen molar-refractivity contribution in [2.24, 2.45) is 0 Å². The second-order valence-electron chi connectivity index (χ2n) is 2.68. The Kier molecular flexibility index (Phi) is 2.83. The van der Waals surface area contributed by atoms with Gasteiger partial charge < -0.3 is 4.42 Å². The van der Waals surface area contributed by atoms with Crippen molar-refractivity contribution in [2.75, 3.05) is 5.32 Å². The third-order valence-corrected chi connectivity index (χ3v) is 3.41. The lowest BCUT2D eigenvalue weighted by Gasteiger charge is -1.97. The van der Waals surface area contributed by atoms with E-state index in [0.29, 0.717) is 10.8 Å². The molecular weight excluding hydrogens is 282 g/mol. The number of hydrogen-bond acceptors (Lipinski definition) is 5. The van der Waals surface area contributed by atoms with E-state index in [9.17, 15) is 4.79 Å². The van der Waals surface area contributed by atoms with Gasteiger partial charge in [-0.25, -0.2) is 0 Å². The van der Waals surface area contributed by atoms with E-state index in [2.05, 4.69) is 31.4 Å². The number of nitrogens with zero attached hydrogens (tertiary/aromatic N) is 2. The number of hydrogen-bond donors (Lipinski definition) is 1. The van der Waals surface area contributed by atoms with E-state index in [0.717, 1.165) is 4.47 Å². The molecule has 7 heteroatoms. The van der Waals surface area contributed by atoms with Crippen LogP contribution in [0.15, 0.2) is 20.3 Å². The van der Waals surface area contributed by atoms with Crippen LogP contribution in [0.1, 0.15) is 15.6 Å². The number of carbonyl (C=O) groups excluding carboxylic acids is 1. The maximum Gasteiger partial charge on any atom is 0.322 e. The van der Waals surface area contributed by atoms with Gasteiger partial charge in [-0.15, -0.1) is 16.4 Å². The van der Waals surface area contributed by atoms with Crippen LogP contribution in [-0.4, -0.2) is 16.1 Å². The number of rotatable bonds is 2. The number of carbonyl (C=O) groups is 1. The smallest absolute Gasteiger partial charge is 0.322 e.